The Kier molecular flexibility index (Phi) is 5.62. The van der Waals surface area contributed by atoms with Gasteiger partial charge in [-0.25, -0.2) is 8.42 Å². The van der Waals surface area contributed by atoms with Crippen LogP contribution in [0.3, 0.4) is 0 Å². The molecule has 1 aliphatic heterocycles. The third-order valence-corrected chi connectivity index (χ3v) is 6.40. The van der Waals surface area contributed by atoms with Crippen LogP contribution in [-0.4, -0.2) is 44.9 Å². The number of halogens is 1. The van der Waals surface area contributed by atoms with Crippen molar-refractivity contribution in [3.8, 4) is 0 Å². The van der Waals surface area contributed by atoms with Crippen molar-refractivity contribution < 1.29 is 17.9 Å². The number of sulfonamides is 1. The standard InChI is InChI=1S/C18H19ClN2O4S/c1-13-5-6-14(18(22)20-16-4-2-3-15(19)12-16)11-17(13)26(23,24)21-7-9-25-10-8-21/h2-6,11-12H,7-10H2,1H3,(H,20,22). The van der Waals surface area contributed by atoms with Crippen molar-refractivity contribution in [1.29, 1.82) is 0 Å². The second-order valence-corrected chi connectivity index (χ2v) is 8.30. The van der Waals surface area contributed by atoms with E-state index in [-0.39, 0.29) is 10.5 Å². The van der Waals surface area contributed by atoms with Crippen molar-refractivity contribution in [3.63, 3.8) is 0 Å². The number of aryl methyl sites for hydroxylation is 1. The molecule has 138 valence electrons. The van der Waals surface area contributed by atoms with Crippen LogP contribution in [0, 0.1) is 6.92 Å². The average Bonchev–Trinajstić information content (AvgIpc) is 2.62. The van der Waals surface area contributed by atoms with Crippen molar-refractivity contribution in [2.24, 2.45) is 0 Å². The highest BCUT2D eigenvalue weighted by Gasteiger charge is 2.28. The number of amides is 1. The maximum absolute atomic E-state index is 12.9. The van der Waals surface area contributed by atoms with Gasteiger partial charge in [0.2, 0.25) is 10.0 Å². The Bertz CT molecular complexity index is 925. The molecule has 0 radical (unpaired) electrons. The fourth-order valence-corrected chi connectivity index (χ4v) is 4.56. The van der Waals surface area contributed by atoms with Crippen LogP contribution in [0.4, 0.5) is 5.69 Å². The summed E-state index contributed by atoms with van der Waals surface area (Å²) in [5.41, 5.74) is 1.40. The second kappa shape index (κ2) is 7.75. The maximum Gasteiger partial charge on any atom is 0.255 e. The van der Waals surface area contributed by atoms with E-state index in [1.165, 1.54) is 10.4 Å². The second-order valence-electron chi connectivity index (χ2n) is 5.96. The first kappa shape index (κ1) is 18.8. The quantitative estimate of drug-likeness (QED) is 0.865. The summed E-state index contributed by atoms with van der Waals surface area (Å²) >= 11 is 5.92. The highest BCUT2D eigenvalue weighted by molar-refractivity contribution is 7.89. The first-order chi connectivity index (χ1) is 12.4. The monoisotopic (exact) mass is 394 g/mol. The van der Waals surface area contributed by atoms with E-state index in [4.69, 9.17) is 16.3 Å². The minimum atomic E-state index is -3.68. The number of nitrogens with zero attached hydrogens (tertiary/aromatic N) is 1. The molecule has 2 aromatic carbocycles. The van der Waals surface area contributed by atoms with Gasteiger partial charge in [-0.1, -0.05) is 23.7 Å². The van der Waals surface area contributed by atoms with Crippen molar-refractivity contribution in [2.75, 3.05) is 31.6 Å². The van der Waals surface area contributed by atoms with Gasteiger partial charge in [-0.05, 0) is 42.8 Å². The molecule has 0 spiro atoms. The van der Waals surface area contributed by atoms with Crippen LogP contribution in [0.2, 0.25) is 5.02 Å². The van der Waals surface area contributed by atoms with E-state index in [9.17, 15) is 13.2 Å². The lowest BCUT2D eigenvalue weighted by atomic mass is 10.1. The molecule has 1 amide bonds. The van der Waals surface area contributed by atoms with Crippen LogP contribution >= 0.6 is 11.6 Å². The van der Waals surface area contributed by atoms with Gasteiger partial charge in [-0.2, -0.15) is 4.31 Å². The Labute approximate surface area is 157 Å². The molecule has 0 saturated carbocycles. The van der Waals surface area contributed by atoms with E-state index in [0.29, 0.717) is 42.6 Å². The molecule has 6 nitrogen and oxygen atoms in total. The average molecular weight is 395 g/mol. The number of rotatable bonds is 4. The van der Waals surface area contributed by atoms with E-state index in [0.717, 1.165) is 0 Å². The van der Waals surface area contributed by atoms with Gasteiger partial charge in [-0.15, -0.1) is 0 Å². The van der Waals surface area contributed by atoms with Crippen LogP contribution in [0.5, 0.6) is 0 Å². The summed E-state index contributed by atoms with van der Waals surface area (Å²) < 4.78 is 32.4. The summed E-state index contributed by atoms with van der Waals surface area (Å²) in [5, 5.41) is 3.23. The van der Waals surface area contributed by atoms with E-state index in [2.05, 4.69) is 5.32 Å². The van der Waals surface area contributed by atoms with Crippen LogP contribution in [-0.2, 0) is 14.8 Å². The molecular weight excluding hydrogens is 376 g/mol. The number of benzene rings is 2. The summed E-state index contributed by atoms with van der Waals surface area (Å²) in [6, 6.07) is 11.4. The highest BCUT2D eigenvalue weighted by atomic mass is 35.5. The molecule has 1 N–H and O–H groups in total. The number of morpholine rings is 1. The Morgan fingerprint density at radius 3 is 2.58 bits per heavy atom. The molecule has 3 rings (SSSR count). The first-order valence-electron chi connectivity index (χ1n) is 8.13. The topological polar surface area (TPSA) is 75.7 Å². The van der Waals surface area contributed by atoms with Crippen molar-refractivity contribution >= 4 is 33.2 Å². The molecular formula is C18H19ClN2O4S. The number of anilines is 1. The van der Waals surface area contributed by atoms with Gasteiger partial charge in [-0.3, -0.25) is 4.79 Å². The maximum atomic E-state index is 12.9. The molecule has 0 atom stereocenters. The molecule has 2 aromatic rings. The molecule has 0 bridgehead atoms. The van der Waals surface area contributed by atoms with Crippen LogP contribution in [0.1, 0.15) is 15.9 Å². The van der Waals surface area contributed by atoms with Crippen molar-refractivity contribution in [2.45, 2.75) is 11.8 Å². The molecule has 1 aliphatic rings. The van der Waals surface area contributed by atoms with Gasteiger partial charge < -0.3 is 10.1 Å². The number of carbonyl (C=O) groups is 1. The highest BCUT2D eigenvalue weighted by Crippen LogP contribution is 2.23. The fraction of sp³-hybridized carbons (Fsp3) is 0.278. The zero-order chi connectivity index (χ0) is 18.7. The van der Waals surface area contributed by atoms with Gasteiger partial charge in [0, 0.05) is 29.4 Å². The first-order valence-corrected chi connectivity index (χ1v) is 9.95. The largest absolute Gasteiger partial charge is 0.379 e. The lowest BCUT2D eigenvalue weighted by Crippen LogP contribution is -2.40. The summed E-state index contributed by atoms with van der Waals surface area (Å²) in [6.45, 7) is 3.06. The molecule has 0 aliphatic carbocycles. The van der Waals surface area contributed by atoms with Gasteiger partial charge in [0.15, 0.2) is 0 Å². The van der Waals surface area contributed by atoms with Crippen LogP contribution in [0.15, 0.2) is 47.4 Å². The van der Waals surface area contributed by atoms with Gasteiger partial charge in [0.1, 0.15) is 0 Å². The smallest absolute Gasteiger partial charge is 0.255 e. The molecule has 1 heterocycles. The third kappa shape index (κ3) is 4.07. The number of nitrogens with one attached hydrogen (secondary N) is 1. The number of ether oxygens (including phenoxy) is 1. The molecule has 1 saturated heterocycles. The lowest BCUT2D eigenvalue weighted by Gasteiger charge is -2.26. The zero-order valence-corrected chi connectivity index (χ0v) is 15.8. The molecule has 26 heavy (non-hydrogen) atoms. The normalized spacial score (nSPS) is 15.6. The Morgan fingerprint density at radius 2 is 1.88 bits per heavy atom. The number of hydrogen-bond donors (Lipinski definition) is 1. The Hall–Kier alpha value is -1.93. The number of carbonyl (C=O) groups excluding carboxylic acids is 1. The van der Waals surface area contributed by atoms with Gasteiger partial charge >= 0.3 is 0 Å². The van der Waals surface area contributed by atoms with Gasteiger partial charge in [0.25, 0.3) is 5.91 Å². The molecule has 0 unspecified atom stereocenters. The van der Waals surface area contributed by atoms with Gasteiger partial charge in [0.05, 0.1) is 18.1 Å². The predicted molar refractivity (Wildman–Crippen MR) is 100 cm³/mol. The van der Waals surface area contributed by atoms with Crippen LogP contribution in [0.25, 0.3) is 0 Å². The zero-order valence-electron chi connectivity index (χ0n) is 14.2. The summed E-state index contributed by atoms with van der Waals surface area (Å²) in [7, 11) is -3.68. The van der Waals surface area contributed by atoms with Crippen molar-refractivity contribution in [3.05, 3.63) is 58.6 Å². The van der Waals surface area contributed by atoms with E-state index >= 15 is 0 Å². The minimum absolute atomic E-state index is 0.137. The molecule has 8 heteroatoms. The fourth-order valence-electron chi connectivity index (χ4n) is 2.71. The van der Waals surface area contributed by atoms with E-state index in [1.54, 1.807) is 43.3 Å². The summed E-state index contributed by atoms with van der Waals surface area (Å²) in [6.07, 6.45) is 0. The minimum Gasteiger partial charge on any atom is -0.379 e. The molecule has 0 aromatic heterocycles. The molecule has 1 fully saturated rings. The van der Waals surface area contributed by atoms with Crippen LogP contribution < -0.4 is 5.32 Å². The number of hydrogen-bond acceptors (Lipinski definition) is 4. The third-order valence-electron chi connectivity index (χ3n) is 4.12. The Morgan fingerprint density at radius 1 is 1.15 bits per heavy atom. The SMILES string of the molecule is Cc1ccc(C(=O)Nc2cccc(Cl)c2)cc1S(=O)(=O)N1CCOCC1. The summed E-state index contributed by atoms with van der Waals surface area (Å²) in [4.78, 5) is 12.6. The Balaban J connectivity index is 1.88. The van der Waals surface area contributed by atoms with Crippen molar-refractivity contribution in [1.82, 2.24) is 4.31 Å². The van der Waals surface area contributed by atoms with E-state index in [1.807, 2.05) is 0 Å². The summed E-state index contributed by atoms with van der Waals surface area (Å²) in [5.74, 6) is -0.398. The predicted octanol–water partition coefficient (Wildman–Crippen LogP) is 2.92. The lowest BCUT2D eigenvalue weighted by molar-refractivity contribution is 0.0730. The van der Waals surface area contributed by atoms with E-state index < -0.39 is 15.9 Å².